The second-order valence-electron chi connectivity index (χ2n) is 6.19. The van der Waals surface area contributed by atoms with Crippen LogP contribution in [0.5, 0.6) is 0 Å². The van der Waals surface area contributed by atoms with Crippen molar-refractivity contribution in [3.63, 3.8) is 0 Å². The van der Waals surface area contributed by atoms with E-state index in [1.54, 1.807) is 0 Å². The van der Waals surface area contributed by atoms with Crippen LogP contribution in [0.1, 0.15) is 18.4 Å². The molecule has 0 unspecified atom stereocenters. The standard InChI is InChI=1S/C18H20ClFN2O2S/c1-13-17(19)3-2-4-18(13)21-15-9-11-22(12-10-15)25(23,24)16-7-5-14(20)6-8-16/h2-8,15,21H,9-12H2,1H3. The highest BCUT2D eigenvalue weighted by molar-refractivity contribution is 7.89. The first kappa shape index (κ1) is 18.2. The van der Waals surface area contributed by atoms with E-state index in [1.807, 2.05) is 25.1 Å². The van der Waals surface area contributed by atoms with Crippen molar-refractivity contribution in [3.8, 4) is 0 Å². The number of nitrogens with one attached hydrogen (secondary N) is 1. The summed E-state index contributed by atoms with van der Waals surface area (Å²) >= 11 is 6.14. The molecular weight excluding hydrogens is 363 g/mol. The average molecular weight is 383 g/mol. The highest BCUT2D eigenvalue weighted by Gasteiger charge is 2.29. The maximum Gasteiger partial charge on any atom is 0.243 e. The smallest absolute Gasteiger partial charge is 0.243 e. The maximum absolute atomic E-state index is 13.0. The number of halogens is 2. The van der Waals surface area contributed by atoms with Gasteiger partial charge in [0.1, 0.15) is 5.82 Å². The van der Waals surface area contributed by atoms with Gasteiger partial charge in [-0.15, -0.1) is 0 Å². The van der Waals surface area contributed by atoms with Gasteiger partial charge in [0.05, 0.1) is 4.90 Å². The van der Waals surface area contributed by atoms with Crippen LogP contribution >= 0.6 is 11.6 Å². The van der Waals surface area contributed by atoms with E-state index in [-0.39, 0.29) is 10.9 Å². The maximum atomic E-state index is 13.0. The lowest BCUT2D eigenvalue weighted by atomic mass is 10.1. The Kier molecular flexibility index (Phi) is 5.32. The van der Waals surface area contributed by atoms with E-state index < -0.39 is 15.8 Å². The van der Waals surface area contributed by atoms with Crippen LogP contribution in [-0.4, -0.2) is 31.9 Å². The Morgan fingerprint density at radius 1 is 1.12 bits per heavy atom. The first-order valence-electron chi connectivity index (χ1n) is 8.15. The van der Waals surface area contributed by atoms with Crippen molar-refractivity contribution >= 4 is 27.3 Å². The number of rotatable bonds is 4. The van der Waals surface area contributed by atoms with Crippen molar-refractivity contribution in [2.45, 2.75) is 30.7 Å². The highest BCUT2D eigenvalue weighted by Crippen LogP contribution is 2.27. The predicted molar refractivity (Wildman–Crippen MR) is 98.0 cm³/mol. The fraction of sp³-hybridized carbons (Fsp3) is 0.333. The third-order valence-corrected chi connectivity index (χ3v) is 6.85. The van der Waals surface area contributed by atoms with E-state index in [1.165, 1.54) is 28.6 Å². The van der Waals surface area contributed by atoms with E-state index in [2.05, 4.69) is 5.32 Å². The Balaban J connectivity index is 1.65. The normalized spacial score (nSPS) is 16.8. The van der Waals surface area contributed by atoms with Crippen LogP contribution in [-0.2, 0) is 10.0 Å². The fourth-order valence-corrected chi connectivity index (χ4v) is 4.62. The highest BCUT2D eigenvalue weighted by atomic mass is 35.5. The van der Waals surface area contributed by atoms with E-state index in [0.29, 0.717) is 31.0 Å². The third-order valence-electron chi connectivity index (χ3n) is 4.53. The summed E-state index contributed by atoms with van der Waals surface area (Å²) in [5.74, 6) is -0.446. The Morgan fingerprint density at radius 3 is 2.40 bits per heavy atom. The minimum absolute atomic E-state index is 0.131. The number of hydrogen-bond donors (Lipinski definition) is 1. The molecule has 1 fully saturated rings. The summed E-state index contributed by atoms with van der Waals surface area (Å²) in [5.41, 5.74) is 1.97. The van der Waals surface area contributed by atoms with Gasteiger partial charge in [0.2, 0.25) is 10.0 Å². The lowest BCUT2D eigenvalue weighted by Crippen LogP contribution is -2.42. The van der Waals surface area contributed by atoms with Gasteiger partial charge in [-0.1, -0.05) is 17.7 Å². The Hall–Kier alpha value is -1.63. The molecule has 0 bridgehead atoms. The minimum atomic E-state index is -3.57. The van der Waals surface area contributed by atoms with Gasteiger partial charge in [0.15, 0.2) is 0 Å². The molecule has 1 heterocycles. The van der Waals surface area contributed by atoms with E-state index in [0.717, 1.165) is 11.3 Å². The zero-order chi connectivity index (χ0) is 18.0. The SMILES string of the molecule is Cc1c(Cl)cccc1NC1CCN(S(=O)(=O)c2ccc(F)cc2)CC1. The van der Waals surface area contributed by atoms with Crippen molar-refractivity contribution in [2.75, 3.05) is 18.4 Å². The van der Waals surface area contributed by atoms with Crippen molar-refractivity contribution < 1.29 is 12.8 Å². The van der Waals surface area contributed by atoms with Gasteiger partial charge in [-0.2, -0.15) is 4.31 Å². The zero-order valence-electron chi connectivity index (χ0n) is 13.9. The summed E-state index contributed by atoms with van der Waals surface area (Å²) in [6.45, 7) is 2.81. The molecule has 0 saturated carbocycles. The summed E-state index contributed by atoms with van der Waals surface area (Å²) in [6, 6.07) is 10.9. The molecule has 1 N–H and O–H groups in total. The van der Waals surface area contributed by atoms with Gasteiger partial charge in [0.25, 0.3) is 0 Å². The first-order chi connectivity index (χ1) is 11.9. The molecule has 0 atom stereocenters. The van der Waals surface area contributed by atoms with Crippen LogP contribution in [0.2, 0.25) is 5.02 Å². The van der Waals surface area contributed by atoms with Crippen LogP contribution in [0.4, 0.5) is 10.1 Å². The lowest BCUT2D eigenvalue weighted by Gasteiger charge is -2.32. The number of hydrogen-bond acceptors (Lipinski definition) is 3. The zero-order valence-corrected chi connectivity index (χ0v) is 15.4. The molecule has 1 aliphatic rings. The summed E-state index contributed by atoms with van der Waals surface area (Å²) in [4.78, 5) is 0.131. The van der Waals surface area contributed by atoms with Crippen LogP contribution in [0.3, 0.4) is 0 Å². The largest absolute Gasteiger partial charge is 0.382 e. The van der Waals surface area contributed by atoms with E-state index >= 15 is 0 Å². The predicted octanol–water partition coefficient (Wildman–Crippen LogP) is 4.05. The first-order valence-corrected chi connectivity index (χ1v) is 9.97. The van der Waals surface area contributed by atoms with Gasteiger partial charge in [0, 0.05) is 29.8 Å². The second-order valence-corrected chi connectivity index (χ2v) is 8.53. The lowest BCUT2D eigenvalue weighted by molar-refractivity contribution is 0.329. The van der Waals surface area contributed by atoms with Crippen LogP contribution in [0.25, 0.3) is 0 Å². The molecule has 0 radical (unpaired) electrons. The topological polar surface area (TPSA) is 49.4 Å². The molecule has 0 amide bonds. The third kappa shape index (κ3) is 3.97. The van der Waals surface area contributed by atoms with Crippen molar-refractivity contribution in [2.24, 2.45) is 0 Å². The number of nitrogens with zero attached hydrogens (tertiary/aromatic N) is 1. The van der Waals surface area contributed by atoms with Crippen LogP contribution < -0.4 is 5.32 Å². The summed E-state index contributed by atoms with van der Waals surface area (Å²) < 4.78 is 39.7. The number of benzene rings is 2. The van der Waals surface area contributed by atoms with Crippen molar-refractivity contribution in [1.29, 1.82) is 0 Å². The van der Waals surface area contributed by atoms with Gasteiger partial charge < -0.3 is 5.32 Å². The van der Waals surface area contributed by atoms with Gasteiger partial charge in [-0.3, -0.25) is 0 Å². The Bertz CT molecular complexity index is 848. The number of anilines is 1. The molecule has 7 heteroatoms. The molecule has 134 valence electrons. The summed E-state index contributed by atoms with van der Waals surface area (Å²) in [7, 11) is -3.57. The number of piperidine rings is 1. The van der Waals surface area contributed by atoms with Crippen LogP contribution in [0, 0.1) is 12.7 Å². The monoisotopic (exact) mass is 382 g/mol. The molecule has 1 saturated heterocycles. The van der Waals surface area contributed by atoms with Gasteiger partial charge >= 0.3 is 0 Å². The molecule has 3 rings (SSSR count). The molecule has 1 aliphatic heterocycles. The average Bonchev–Trinajstić information content (AvgIpc) is 2.60. The number of sulfonamides is 1. The van der Waals surface area contributed by atoms with E-state index in [4.69, 9.17) is 11.6 Å². The summed E-state index contributed by atoms with van der Waals surface area (Å²) in [6.07, 6.45) is 1.40. The second kappa shape index (κ2) is 7.32. The molecular formula is C18H20ClFN2O2S. The van der Waals surface area contributed by atoms with Crippen molar-refractivity contribution in [3.05, 3.63) is 58.9 Å². The Morgan fingerprint density at radius 2 is 1.76 bits per heavy atom. The van der Waals surface area contributed by atoms with Gasteiger partial charge in [-0.05, 0) is 61.7 Å². The molecule has 0 aromatic heterocycles. The minimum Gasteiger partial charge on any atom is -0.382 e. The molecule has 2 aromatic carbocycles. The Labute approximate surface area is 152 Å². The molecule has 4 nitrogen and oxygen atoms in total. The molecule has 0 spiro atoms. The molecule has 25 heavy (non-hydrogen) atoms. The van der Waals surface area contributed by atoms with E-state index in [9.17, 15) is 12.8 Å². The fourth-order valence-electron chi connectivity index (χ4n) is 2.98. The van der Waals surface area contributed by atoms with Gasteiger partial charge in [-0.25, -0.2) is 12.8 Å². The summed E-state index contributed by atoms with van der Waals surface area (Å²) in [5, 5.41) is 4.16. The molecule has 2 aromatic rings. The quantitative estimate of drug-likeness (QED) is 0.867. The van der Waals surface area contributed by atoms with Crippen molar-refractivity contribution in [1.82, 2.24) is 4.31 Å². The van der Waals surface area contributed by atoms with Crippen LogP contribution in [0.15, 0.2) is 47.4 Å². The molecule has 0 aliphatic carbocycles.